The molecule has 0 fully saturated rings. The highest BCUT2D eigenvalue weighted by molar-refractivity contribution is 7.99. The second-order valence-electron chi connectivity index (χ2n) is 3.52. The molecule has 0 radical (unpaired) electrons. The molecular formula is C9H13NO2S. The van der Waals surface area contributed by atoms with E-state index >= 15 is 0 Å². The number of thioether (sulfide) groups is 1. The van der Waals surface area contributed by atoms with Gasteiger partial charge in [0.2, 0.25) is 0 Å². The molecular weight excluding hydrogens is 186 g/mol. The molecule has 0 aromatic carbocycles. The van der Waals surface area contributed by atoms with Gasteiger partial charge in [0, 0.05) is 23.0 Å². The summed E-state index contributed by atoms with van der Waals surface area (Å²) in [5.41, 5.74) is -0.665. The maximum Gasteiger partial charge on any atom is 0.309 e. The van der Waals surface area contributed by atoms with E-state index < -0.39 is 11.4 Å². The van der Waals surface area contributed by atoms with Crippen LogP contribution in [0.3, 0.4) is 0 Å². The van der Waals surface area contributed by atoms with Crippen molar-refractivity contribution in [3.8, 4) is 0 Å². The molecule has 0 aliphatic carbocycles. The molecule has 1 aromatic rings. The molecule has 1 rings (SSSR count). The summed E-state index contributed by atoms with van der Waals surface area (Å²) in [5, 5.41) is 8.85. The molecule has 3 nitrogen and oxygen atoms in total. The number of aromatic amines is 1. The van der Waals surface area contributed by atoms with E-state index in [1.165, 1.54) is 0 Å². The SMILES string of the molecule is CC(C)(CSc1cc[nH]c1)C(=O)O. The van der Waals surface area contributed by atoms with Crippen LogP contribution in [-0.4, -0.2) is 21.8 Å². The van der Waals surface area contributed by atoms with Crippen LogP contribution in [-0.2, 0) is 4.79 Å². The first-order chi connectivity index (χ1) is 6.02. The first-order valence-corrected chi connectivity index (χ1v) is 5.00. The maximum atomic E-state index is 10.8. The Bertz CT molecular complexity index is 280. The Hall–Kier alpha value is -0.900. The van der Waals surface area contributed by atoms with E-state index in [4.69, 9.17) is 5.11 Å². The molecule has 0 saturated heterocycles. The summed E-state index contributed by atoms with van der Waals surface area (Å²) in [4.78, 5) is 14.8. The summed E-state index contributed by atoms with van der Waals surface area (Å²) in [6.45, 7) is 3.46. The molecule has 2 N–H and O–H groups in total. The van der Waals surface area contributed by atoms with Crippen LogP contribution >= 0.6 is 11.8 Å². The Morgan fingerprint density at radius 1 is 1.69 bits per heavy atom. The van der Waals surface area contributed by atoms with Crippen LogP contribution in [0, 0.1) is 5.41 Å². The summed E-state index contributed by atoms with van der Waals surface area (Å²) >= 11 is 1.55. The fraction of sp³-hybridized carbons (Fsp3) is 0.444. The van der Waals surface area contributed by atoms with E-state index in [2.05, 4.69) is 4.98 Å². The highest BCUT2D eigenvalue weighted by Gasteiger charge is 2.26. The zero-order valence-corrected chi connectivity index (χ0v) is 8.52. The Balaban J connectivity index is 2.47. The van der Waals surface area contributed by atoms with Crippen molar-refractivity contribution in [1.82, 2.24) is 4.98 Å². The molecule has 0 bridgehead atoms. The summed E-state index contributed by atoms with van der Waals surface area (Å²) < 4.78 is 0. The van der Waals surface area contributed by atoms with E-state index in [-0.39, 0.29) is 0 Å². The van der Waals surface area contributed by atoms with E-state index in [9.17, 15) is 4.79 Å². The van der Waals surface area contributed by atoms with Gasteiger partial charge in [0.1, 0.15) is 0 Å². The molecule has 72 valence electrons. The van der Waals surface area contributed by atoms with E-state index in [0.717, 1.165) is 4.90 Å². The van der Waals surface area contributed by atoms with Gasteiger partial charge in [-0.2, -0.15) is 0 Å². The average Bonchev–Trinajstić information content (AvgIpc) is 2.52. The monoisotopic (exact) mass is 199 g/mol. The van der Waals surface area contributed by atoms with Gasteiger partial charge in [-0.3, -0.25) is 4.79 Å². The standard InChI is InChI=1S/C9H13NO2S/c1-9(2,8(11)12)6-13-7-3-4-10-5-7/h3-5,10H,6H2,1-2H3,(H,11,12). The Morgan fingerprint density at radius 2 is 2.38 bits per heavy atom. The molecule has 0 aliphatic heterocycles. The molecule has 0 amide bonds. The Kier molecular flexibility index (Phi) is 3.03. The number of hydrogen-bond donors (Lipinski definition) is 2. The quantitative estimate of drug-likeness (QED) is 0.731. The van der Waals surface area contributed by atoms with Crippen molar-refractivity contribution in [2.75, 3.05) is 5.75 Å². The fourth-order valence-electron chi connectivity index (χ4n) is 0.724. The molecule has 0 spiro atoms. The van der Waals surface area contributed by atoms with E-state index in [0.29, 0.717) is 5.75 Å². The minimum atomic E-state index is -0.754. The fourth-order valence-corrected chi connectivity index (χ4v) is 1.69. The van der Waals surface area contributed by atoms with Gasteiger partial charge in [-0.05, 0) is 19.9 Å². The van der Waals surface area contributed by atoms with Crippen LogP contribution in [0.4, 0.5) is 0 Å². The maximum absolute atomic E-state index is 10.8. The zero-order valence-electron chi connectivity index (χ0n) is 7.70. The Labute approximate surface area is 81.5 Å². The minimum Gasteiger partial charge on any atom is -0.481 e. The van der Waals surface area contributed by atoms with E-state index in [1.807, 2.05) is 18.5 Å². The zero-order chi connectivity index (χ0) is 9.90. The van der Waals surface area contributed by atoms with Crippen molar-refractivity contribution >= 4 is 17.7 Å². The normalized spacial score (nSPS) is 11.5. The number of aliphatic carboxylic acids is 1. The minimum absolute atomic E-state index is 0.584. The van der Waals surface area contributed by atoms with Gasteiger partial charge in [-0.25, -0.2) is 0 Å². The van der Waals surface area contributed by atoms with Crippen LogP contribution in [0.25, 0.3) is 0 Å². The number of carboxylic acid groups (broad SMARTS) is 1. The van der Waals surface area contributed by atoms with Crippen molar-refractivity contribution in [2.24, 2.45) is 5.41 Å². The molecule has 0 atom stereocenters. The predicted octanol–water partition coefficient (Wildman–Crippen LogP) is 2.22. The smallest absolute Gasteiger partial charge is 0.309 e. The molecule has 0 unspecified atom stereocenters. The number of hydrogen-bond acceptors (Lipinski definition) is 2. The van der Waals surface area contributed by atoms with Gasteiger partial charge in [0.15, 0.2) is 0 Å². The third kappa shape index (κ3) is 2.81. The van der Waals surface area contributed by atoms with Crippen LogP contribution in [0.2, 0.25) is 0 Å². The second-order valence-corrected chi connectivity index (χ2v) is 4.57. The molecule has 0 aliphatic rings. The molecule has 0 saturated carbocycles. The number of H-pyrrole nitrogens is 1. The van der Waals surface area contributed by atoms with Crippen molar-refractivity contribution in [2.45, 2.75) is 18.7 Å². The van der Waals surface area contributed by atoms with Crippen LogP contribution in [0.5, 0.6) is 0 Å². The van der Waals surface area contributed by atoms with Crippen molar-refractivity contribution in [3.63, 3.8) is 0 Å². The first-order valence-electron chi connectivity index (χ1n) is 4.01. The van der Waals surface area contributed by atoms with E-state index in [1.54, 1.807) is 25.6 Å². The number of carbonyl (C=O) groups is 1. The summed E-state index contributed by atoms with van der Waals surface area (Å²) in [6.07, 6.45) is 3.69. The van der Waals surface area contributed by atoms with Gasteiger partial charge in [-0.15, -0.1) is 11.8 Å². The molecule has 13 heavy (non-hydrogen) atoms. The van der Waals surface area contributed by atoms with Gasteiger partial charge in [0.25, 0.3) is 0 Å². The lowest BCUT2D eigenvalue weighted by Crippen LogP contribution is -2.26. The third-order valence-corrected chi connectivity index (χ3v) is 3.20. The number of carboxylic acids is 1. The van der Waals surface area contributed by atoms with Gasteiger partial charge in [0.05, 0.1) is 5.41 Å². The van der Waals surface area contributed by atoms with Gasteiger partial charge in [-0.1, -0.05) is 0 Å². The summed E-state index contributed by atoms with van der Waals surface area (Å²) in [5.74, 6) is -0.171. The second kappa shape index (κ2) is 3.87. The summed E-state index contributed by atoms with van der Waals surface area (Å²) in [6, 6.07) is 1.93. The van der Waals surface area contributed by atoms with Crippen LogP contribution in [0.1, 0.15) is 13.8 Å². The number of nitrogens with one attached hydrogen (secondary N) is 1. The summed E-state index contributed by atoms with van der Waals surface area (Å²) in [7, 11) is 0. The van der Waals surface area contributed by atoms with Crippen molar-refractivity contribution in [3.05, 3.63) is 18.5 Å². The molecule has 4 heteroatoms. The Morgan fingerprint density at radius 3 is 2.85 bits per heavy atom. The van der Waals surface area contributed by atoms with Gasteiger partial charge >= 0.3 is 5.97 Å². The first kappa shape index (κ1) is 10.2. The average molecular weight is 199 g/mol. The van der Waals surface area contributed by atoms with Gasteiger partial charge < -0.3 is 10.1 Å². The number of rotatable bonds is 4. The molecule has 1 heterocycles. The molecule has 1 aromatic heterocycles. The number of aromatic nitrogens is 1. The van der Waals surface area contributed by atoms with Crippen LogP contribution < -0.4 is 0 Å². The lowest BCUT2D eigenvalue weighted by molar-refractivity contribution is -0.145. The van der Waals surface area contributed by atoms with Crippen LogP contribution in [0.15, 0.2) is 23.4 Å². The lowest BCUT2D eigenvalue weighted by atomic mass is 9.97. The third-order valence-electron chi connectivity index (χ3n) is 1.75. The largest absolute Gasteiger partial charge is 0.481 e. The predicted molar refractivity (Wildman–Crippen MR) is 52.9 cm³/mol. The van der Waals surface area contributed by atoms with Crippen molar-refractivity contribution < 1.29 is 9.90 Å². The highest BCUT2D eigenvalue weighted by atomic mass is 32.2. The van der Waals surface area contributed by atoms with Crippen molar-refractivity contribution in [1.29, 1.82) is 0 Å². The topological polar surface area (TPSA) is 53.1 Å². The lowest BCUT2D eigenvalue weighted by Gasteiger charge is -2.17. The highest BCUT2D eigenvalue weighted by Crippen LogP contribution is 2.27.